The Morgan fingerprint density at radius 1 is 1.29 bits per heavy atom. The molecule has 0 radical (unpaired) electrons. The molecule has 1 aromatic rings. The van der Waals surface area contributed by atoms with Crippen molar-refractivity contribution in [3.8, 4) is 0 Å². The standard InChI is InChI=1S/C16H23F3N2/c1-2-15(8-3-4-9-15)14(21-20)11-12-6-5-7-13(10-12)16(17,18)19/h5-7,10,14,21H,2-4,8-9,11,20H2,1H3. The van der Waals surface area contributed by atoms with Gasteiger partial charge < -0.3 is 0 Å². The van der Waals surface area contributed by atoms with E-state index in [1.54, 1.807) is 6.07 Å². The molecule has 21 heavy (non-hydrogen) atoms. The van der Waals surface area contributed by atoms with Crippen LogP contribution in [0.15, 0.2) is 24.3 Å². The van der Waals surface area contributed by atoms with Gasteiger partial charge in [0.2, 0.25) is 0 Å². The Balaban J connectivity index is 2.19. The van der Waals surface area contributed by atoms with Gasteiger partial charge >= 0.3 is 6.18 Å². The first-order chi connectivity index (χ1) is 9.91. The van der Waals surface area contributed by atoms with Crippen LogP contribution in [0, 0.1) is 5.41 Å². The van der Waals surface area contributed by atoms with Gasteiger partial charge in [-0.05, 0) is 42.7 Å². The highest BCUT2D eigenvalue weighted by atomic mass is 19.4. The first-order valence-corrected chi connectivity index (χ1v) is 7.53. The van der Waals surface area contributed by atoms with Crippen LogP contribution in [0.4, 0.5) is 13.2 Å². The molecular weight excluding hydrogens is 277 g/mol. The molecule has 1 fully saturated rings. The zero-order valence-electron chi connectivity index (χ0n) is 12.3. The van der Waals surface area contributed by atoms with Gasteiger partial charge in [0.05, 0.1) is 5.56 Å². The van der Waals surface area contributed by atoms with E-state index in [4.69, 9.17) is 5.84 Å². The second-order valence-electron chi connectivity index (χ2n) is 6.04. The Labute approximate surface area is 123 Å². The number of nitrogens with two attached hydrogens (primary N) is 1. The van der Waals surface area contributed by atoms with Crippen LogP contribution >= 0.6 is 0 Å². The number of benzene rings is 1. The first kappa shape index (κ1) is 16.3. The second-order valence-corrected chi connectivity index (χ2v) is 6.04. The fraction of sp³-hybridized carbons (Fsp3) is 0.625. The minimum absolute atomic E-state index is 0.0217. The average molecular weight is 300 g/mol. The number of alkyl halides is 3. The Morgan fingerprint density at radius 3 is 2.48 bits per heavy atom. The van der Waals surface area contributed by atoms with Crippen molar-refractivity contribution in [2.45, 2.75) is 57.7 Å². The molecule has 118 valence electrons. The third kappa shape index (κ3) is 3.58. The lowest BCUT2D eigenvalue weighted by atomic mass is 9.74. The van der Waals surface area contributed by atoms with Gasteiger partial charge in [-0.2, -0.15) is 13.2 Å². The van der Waals surface area contributed by atoms with Crippen molar-refractivity contribution in [2.75, 3.05) is 0 Å². The fourth-order valence-corrected chi connectivity index (χ4v) is 3.59. The zero-order chi connectivity index (χ0) is 15.5. The summed E-state index contributed by atoms with van der Waals surface area (Å²) in [7, 11) is 0. The molecule has 2 rings (SSSR count). The van der Waals surface area contributed by atoms with Crippen LogP contribution in [0.1, 0.15) is 50.2 Å². The lowest BCUT2D eigenvalue weighted by molar-refractivity contribution is -0.137. The molecule has 0 amide bonds. The van der Waals surface area contributed by atoms with Gasteiger partial charge in [-0.25, -0.2) is 0 Å². The summed E-state index contributed by atoms with van der Waals surface area (Å²) < 4.78 is 38.4. The van der Waals surface area contributed by atoms with E-state index in [2.05, 4.69) is 12.3 Å². The van der Waals surface area contributed by atoms with E-state index < -0.39 is 11.7 Å². The van der Waals surface area contributed by atoms with E-state index in [-0.39, 0.29) is 11.5 Å². The number of hydrazine groups is 1. The van der Waals surface area contributed by atoms with Crippen molar-refractivity contribution < 1.29 is 13.2 Å². The number of hydrogen-bond donors (Lipinski definition) is 2. The van der Waals surface area contributed by atoms with Gasteiger partial charge in [0.1, 0.15) is 0 Å². The van der Waals surface area contributed by atoms with Crippen LogP contribution in [0.3, 0.4) is 0 Å². The lowest BCUT2D eigenvalue weighted by Gasteiger charge is -2.36. The van der Waals surface area contributed by atoms with Crippen LogP contribution in [0.2, 0.25) is 0 Å². The highest BCUT2D eigenvalue weighted by Gasteiger charge is 2.39. The van der Waals surface area contributed by atoms with Crippen molar-refractivity contribution >= 4 is 0 Å². The summed E-state index contributed by atoms with van der Waals surface area (Å²) in [6.07, 6.45) is 1.78. The first-order valence-electron chi connectivity index (χ1n) is 7.53. The van der Waals surface area contributed by atoms with Crippen LogP contribution < -0.4 is 11.3 Å². The largest absolute Gasteiger partial charge is 0.416 e. The number of rotatable bonds is 5. The van der Waals surface area contributed by atoms with E-state index >= 15 is 0 Å². The van der Waals surface area contributed by atoms with Gasteiger partial charge in [-0.3, -0.25) is 11.3 Å². The molecule has 1 aromatic carbocycles. The van der Waals surface area contributed by atoms with E-state index in [1.165, 1.54) is 25.0 Å². The monoisotopic (exact) mass is 300 g/mol. The number of hydrogen-bond acceptors (Lipinski definition) is 2. The van der Waals surface area contributed by atoms with Gasteiger partial charge in [0.15, 0.2) is 0 Å². The maximum atomic E-state index is 12.8. The molecule has 0 bridgehead atoms. The van der Waals surface area contributed by atoms with Gasteiger partial charge in [-0.15, -0.1) is 0 Å². The summed E-state index contributed by atoms with van der Waals surface area (Å²) in [5.74, 6) is 5.71. The van der Waals surface area contributed by atoms with Crippen molar-refractivity contribution in [1.29, 1.82) is 0 Å². The lowest BCUT2D eigenvalue weighted by Crippen LogP contribution is -2.48. The quantitative estimate of drug-likeness (QED) is 0.636. The number of halogens is 3. The molecule has 0 heterocycles. The van der Waals surface area contributed by atoms with E-state index in [1.807, 2.05) is 0 Å². The van der Waals surface area contributed by atoms with Crippen LogP contribution in [-0.2, 0) is 12.6 Å². The highest BCUT2D eigenvalue weighted by molar-refractivity contribution is 5.26. The smallest absolute Gasteiger partial charge is 0.271 e. The fourth-order valence-electron chi connectivity index (χ4n) is 3.59. The second kappa shape index (κ2) is 6.36. The third-order valence-electron chi connectivity index (χ3n) is 4.94. The summed E-state index contributed by atoms with van der Waals surface area (Å²) >= 11 is 0. The summed E-state index contributed by atoms with van der Waals surface area (Å²) in [5.41, 5.74) is 3.07. The topological polar surface area (TPSA) is 38.0 Å². The molecule has 1 aliphatic rings. The van der Waals surface area contributed by atoms with Gasteiger partial charge in [0.25, 0.3) is 0 Å². The Morgan fingerprint density at radius 2 is 1.95 bits per heavy atom. The molecule has 1 saturated carbocycles. The summed E-state index contributed by atoms with van der Waals surface area (Å²) in [6, 6.07) is 5.59. The van der Waals surface area contributed by atoms with Crippen molar-refractivity contribution in [3.63, 3.8) is 0 Å². The SMILES string of the molecule is CCC1(C(Cc2cccc(C(F)(F)F)c2)NN)CCCC1. The molecular formula is C16H23F3N2. The molecule has 2 nitrogen and oxygen atoms in total. The minimum atomic E-state index is -4.29. The minimum Gasteiger partial charge on any atom is -0.271 e. The Bertz CT molecular complexity index is 465. The van der Waals surface area contributed by atoms with Crippen molar-refractivity contribution in [3.05, 3.63) is 35.4 Å². The molecule has 3 N–H and O–H groups in total. The zero-order valence-corrected chi connectivity index (χ0v) is 12.3. The van der Waals surface area contributed by atoms with Crippen molar-refractivity contribution in [2.24, 2.45) is 11.3 Å². The van der Waals surface area contributed by atoms with E-state index in [9.17, 15) is 13.2 Å². The average Bonchev–Trinajstić information content (AvgIpc) is 2.94. The predicted octanol–water partition coefficient (Wildman–Crippen LogP) is 4.05. The number of nitrogens with one attached hydrogen (secondary N) is 1. The molecule has 0 saturated heterocycles. The summed E-state index contributed by atoms with van der Waals surface area (Å²) in [5, 5.41) is 0. The maximum Gasteiger partial charge on any atom is 0.416 e. The Kier molecular flexibility index (Phi) is 4.94. The summed E-state index contributed by atoms with van der Waals surface area (Å²) in [4.78, 5) is 0. The van der Waals surface area contributed by atoms with Gasteiger partial charge in [0, 0.05) is 6.04 Å². The van der Waals surface area contributed by atoms with E-state index in [0.29, 0.717) is 12.0 Å². The Hall–Kier alpha value is -1.07. The third-order valence-corrected chi connectivity index (χ3v) is 4.94. The molecule has 0 aliphatic heterocycles. The normalized spacial score (nSPS) is 19.7. The molecule has 5 heteroatoms. The maximum absolute atomic E-state index is 12.8. The summed E-state index contributed by atoms with van der Waals surface area (Å²) in [6.45, 7) is 2.14. The molecule has 0 spiro atoms. The molecule has 1 aliphatic carbocycles. The predicted molar refractivity (Wildman–Crippen MR) is 77.5 cm³/mol. The highest BCUT2D eigenvalue weighted by Crippen LogP contribution is 2.44. The van der Waals surface area contributed by atoms with Crippen LogP contribution in [-0.4, -0.2) is 6.04 Å². The van der Waals surface area contributed by atoms with E-state index in [0.717, 1.165) is 25.3 Å². The molecule has 1 unspecified atom stereocenters. The molecule has 0 aromatic heterocycles. The van der Waals surface area contributed by atoms with Crippen molar-refractivity contribution in [1.82, 2.24) is 5.43 Å². The van der Waals surface area contributed by atoms with Gasteiger partial charge in [-0.1, -0.05) is 38.0 Å². The molecule has 1 atom stereocenters. The van der Waals surface area contributed by atoms with Crippen LogP contribution in [0.5, 0.6) is 0 Å². The van der Waals surface area contributed by atoms with Crippen LogP contribution in [0.25, 0.3) is 0 Å².